The molecule has 15 heavy (non-hydrogen) atoms. The first-order valence-corrected chi connectivity index (χ1v) is 4.99. The van der Waals surface area contributed by atoms with Crippen LogP contribution in [0.2, 0.25) is 0 Å². The van der Waals surface area contributed by atoms with Crippen molar-refractivity contribution in [2.45, 2.75) is 5.16 Å². The van der Waals surface area contributed by atoms with Gasteiger partial charge in [-0.3, -0.25) is 0 Å². The number of rotatable bonds is 3. The van der Waals surface area contributed by atoms with E-state index in [1.54, 1.807) is 26.4 Å². The minimum absolute atomic E-state index is 0.445. The predicted molar refractivity (Wildman–Crippen MR) is 57.7 cm³/mol. The summed E-state index contributed by atoms with van der Waals surface area (Å²) >= 11 is 0.573. The lowest BCUT2D eigenvalue weighted by molar-refractivity contribution is 0.356. The van der Waals surface area contributed by atoms with E-state index in [0.717, 1.165) is 11.0 Å². The van der Waals surface area contributed by atoms with Crippen molar-refractivity contribution in [3.8, 4) is 11.5 Å². The fourth-order valence-corrected chi connectivity index (χ4v) is 1.65. The maximum atomic E-state index is 8.85. The number of hydrogen-bond donors (Lipinski definition) is 2. The van der Waals surface area contributed by atoms with E-state index in [1.165, 1.54) is 0 Å². The number of H-pyrrole nitrogens is 1. The lowest BCUT2D eigenvalue weighted by atomic mass is 10.3. The fourth-order valence-electron chi connectivity index (χ4n) is 1.36. The van der Waals surface area contributed by atoms with Gasteiger partial charge in [0.25, 0.3) is 0 Å². The second kappa shape index (κ2) is 4.00. The Bertz CT molecular complexity index is 442. The van der Waals surface area contributed by atoms with Crippen molar-refractivity contribution in [2.24, 2.45) is 0 Å². The minimum Gasteiger partial charge on any atom is -0.493 e. The van der Waals surface area contributed by atoms with Crippen LogP contribution in [0.15, 0.2) is 17.3 Å². The third kappa shape index (κ3) is 1.73. The third-order valence-electron chi connectivity index (χ3n) is 2.05. The number of aromatic amines is 1. The Kier molecular flexibility index (Phi) is 2.70. The van der Waals surface area contributed by atoms with Gasteiger partial charge in [-0.25, -0.2) is 4.98 Å². The second-order valence-electron chi connectivity index (χ2n) is 2.86. The maximum Gasteiger partial charge on any atom is 0.193 e. The molecule has 0 amide bonds. The van der Waals surface area contributed by atoms with Crippen LogP contribution >= 0.6 is 12.0 Å². The van der Waals surface area contributed by atoms with Crippen molar-refractivity contribution in [2.75, 3.05) is 14.2 Å². The highest BCUT2D eigenvalue weighted by Gasteiger charge is 2.09. The number of nitrogens with zero attached hydrogens (tertiary/aromatic N) is 1. The SMILES string of the molecule is COc1cc2nc(SO)[nH]c2cc1OC. The number of aromatic nitrogens is 2. The summed E-state index contributed by atoms with van der Waals surface area (Å²) < 4.78 is 19.1. The van der Waals surface area contributed by atoms with Crippen LogP contribution in [0.25, 0.3) is 11.0 Å². The Morgan fingerprint density at radius 1 is 1.27 bits per heavy atom. The third-order valence-corrected chi connectivity index (χ3v) is 2.42. The molecule has 0 aliphatic carbocycles. The highest BCUT2D eigenvalue weighted by atomic mass is 32.2. The van der Waals surface area contributed by atoms with Gasteiger partial charge in [-0.2, -0.15) is 0 Å². The van der Waals surface area contributed by atoms with Crippen LogP contribution in [0.1, 0.15) is 0 Å². The standard InChI is InChI=1S/C9H10N2O3S/c1-13-7-3-5-6(4-8(7)14-2)11-9(10-5)15-12/h3-4,12H,1-2H3,(H,10,11). The number of methoxy groups -OCH3 is 2. The second-order valence-corrected chi connectivity index (χ2v) is 3.43. The Balaban J connectivity index is 2.61. The van der Waals surface area contributed by atoms with Gasteiger partial charge in [-0.1, -0.05) is 0 Å². The summed E-state index contributed by atoms with van der Waals surface area (Å²) in [6.45, 7) is 0. The molecule has 2 aromatic rings. The summed E-state index contributed by atoms with van der Waals surface area (Å²) in [4.78, 5) is 7.07. The zero-order valence-corrected chi connectivity index (χ0v) is 9.09. The topological polar surface area (TPSA) is 67.4 Å². The van der Waals surface area contributed by atoms with Gasteiger partial charge >= 0.3 is 0 Å². The van der Waals surface area contributed by atoms with Gasteiger partial charge in [-0.05, 0) is 0 Å². The van der Waals surface area contributed by atoms with Gasteiger partial charge in [0.15, 0.2) is 16.7 Å². The largest absolute Gasteiger partial charge is 0.493 e. The molecule has 0 saturated carbocycles. The van der Waals surface area contributed by atoms with Crippen molar-refractivity contribution in [1.29, 1.82) is 0 Å². The average molecular weight is 226 g/mol. The van der Waals surface area contributed by atoms with E-state index in [-0.39, 0.29) is 0 Å². The molecule has 1 aromatic carbocycles. The van der Waals surface area contributed by atoms with Crippen molar-refractivity contribution in [1.82, 2.24) is 9.97 Å². The first-order valence-electron chi connectivity index (χ1n) is 4.21. The molecule has 2 rings (SSSR count). The first kappa shape index (κ1) is 10.1. The van der Waals surface area contributed by atoms with E-state index in [2.05, 4.69) is 9.97 Å². The maximum absolute atomic E-state index is 8.85. The van der Waals surface area contributed by atoms with E-state index in [1.807, 2.05) is 0 Å². The van der Waals surface area contributed by atoms with E-state index in [9.17, 15) is 0 Å². The van der Waals surface area contributed by atoms with Crippen LogP contribution in [0.4, 0.5) is 0 Å². The molecule has 0 aliphatic rings. The van der Waals surface area contributed by atoms with Crippen LogP contribution in [-0.2, 0) is 0 Å². The van der Waals surface area contributed by atoms with Gasteiger partial charge in [0, 0.05) is 12.1 Å². The molecule has 6 heteroatoms. The predicted octanol–water partition coefficient (Wildman–Crippen LogP) is 2.15. The molecule has 0 spiro atoms. The molecule has 0 saturated heterocycles. The first-order chi connectivity index (χ1) is 7.28. The quantitative estimate of drug-likeness (QED) is 0.785. The van der Waals surface area contributed by atoms with Crippen molar-refractivity contribution >= 4 is 23.1 Å². The van der Waals surface area contributed by atoms with Crippen LogP contribution in [0.3, 0.4) is 0 Å². The average Bonchev–Trinajstić information content (AvgIpc) is 2.68. The molecule has 0 radical (unpaired) electrons. The van der Waals surface area contributed by atoms with Gasteiger partial charge in [0.2, 0.25) is 0 Å². The normalized spacial score (nSPS) is 10.6. The van der Waals surface area contributed by atoms with Gasteiger partial charge < -0.3 is 19.0 Å². The molecule has 1 heterocycles. The fraction of sp³-hybridized carbons (Fsp3) is 0.222. The number of benzene rings is 1. The molecule has 80 valence electrons. The number of fused-ring (bicyclic) bond motifs is 1. The molecule has 0 atom stereocenters. The van der Waals surface area contributed by atoms with Crippen molar-refractivity contribution < 1.29 is 14.0 Å². The molecular formula is C9H10N2O3S. The molecule has 2 N–H and O–H groups in total. The molecule has 0 aliphatic heterocycles. The van der Waals surface area contributed by atoms with Crippen LogP contribution in [-0.4, -0.2) is 28.7 Å². The number of ether oxygens (including phenoxy) is 2. The van der Waals surface area contributed by atoms with Gasteiger partial charge in [-0.15, -0.1) is 0 Å². The zero-order valence-electron chi connectivity index (χ0n) is 8.27. The Morgan fingerprint density at radius 3 is 2.53 bits per heavy atom. The summed E-state index contributed by atoms with van der Waals surface area (Å²) in [7, 11) is 3.14. The highest BCUT2D eigenvalue weighted by Crippen LogP contribution is 2.31. The van der Waals surface area contributed by atoms with Crippen molar-refractivity contribution in [3.05, 3.63) is 12.1 Å². The lowest BCUT2D eigenvalue weighted by Crippen LogP contribution is -1.89. The number of hydrogen-bond acceptors (Lipinski definition) is 5. The van der Waals surface area contributed by atoms with Crippen LogP contribution < -0.4 is 9.47 Å². The molecule has 1 aromatic heterocycles. The minimum atomic E-state index is 0.445. The summed E-state index contributed by atoms with van der Waals surface area (Å²) in [5.74, 6) is 1.24. The van der Waals surface area contributed by atoms with Crippen molar-refractivity contribution in [3.63, 3.8) is 0 Å². The monoisotopic (exact) mass is 226 g/mol. The molecule has 0 bridgehead atoms. The molecule has 0 fully saturated rings. The van der Waals surface area contributed by atoms with Gasteiger partial charge in [0.1, 0.15) is 0 Å². The van der Waals surface area contributed by atoms with Crippen LogP contribution in [0.5, 0.6) is 11.5 Å². The zero-order chi connectivity index (χ0) is 10.8. The summed E-state index contributed by atoms with van der Waals surface area (Å²) in [6, 6.07) is 3.53. The van der Waals surface area contributed by atoms with E-state index in [0.29, 0.717) is 28.7 Å². The lowest BCUT2D eigenvalue weighted by Gasteiger charge is -2.06. The molecule has 5 nitrogen and oxygen atoms in total. The van der Waals surface area contributed by atoms with Crippen LogP contribution in [0, 0.1) is 0 Å². The summed E-state index contributed by atoms with van der Waals surface area (Å²) in [5, 5.41) is 0.445. The van der Waals surface area contributed by atoms with Gasteiger partial charge in [0.05, 0.1) is 37.3 Å². The van der Waals surface area contributed by atoms with E-state index >= 15 is 0 Å². The Morgan fingerprint density at radius 2 is 1.93 bits per heavy atom. The Labute approximate surface area is 90.6 Å². The summed E-state index contributed by atoms with van der Waals surface area (Å²) in [6.07, 6.45) is 0. The summed E-state index contributed by atoms with van der Waals surface area (Å²) in [5.41, 5.74) is 1.52. The number of nitrogens with one attached hydrogen (secondary N) is 1. The Hall–Kier alpha value is -1.40. The molecule has 0 unspecified atom stereocenters. The molecular weight excluding hydrogens is 216 g/mol. The van der Waals surface area contributed by atoms with E-state index < -0.39 is 0 Å². The number of imidazole rings is 1. The smallest absolute Gasteiger partial charge is 0.193 e. The van der Waals surface area contributed by atoms with E-state index in [4.69, 9.17) is 14.0 Å². The highest BCUT2D eigenvalue weighted by molar-refractivity contribution is 7.93.